The summed E-state index contributed by atoms with van der Waals surface area (Å²) in [7, 11) is 0. The van der Waals surface area contributed by atoms with Crippen LogP contribution in [0.2, 0.25) is 0 Å². The van der Waals surface area contributed by atoms with E-state index in [1.54, 1.807) is 5.10 Å². The van der Waals surface area contributed by atoms with Crippen LogP contribution in [0.5, 0.6) is 0 Å². The van der Waals surface area contributed by atoms with E-state index in [2.05, 4.69) is 5.10 Å². The molecule has 0 saturated carbocycles. The minimum atomic E-state index is -3.55. The van der Waals surface area contributed by atoms with Gasteiger partial charge in [0.25, 0.3) is 0 Å². The summed E-state index contributed by atoms with van der Waals surface area (Å²) in [6.07, 6.45) is 0. The normalized spacial score (nSPS) is 11.6. The Kier molecular flexibility index (Phi) is 2.24. The summed E-state index contributed by atoms with van der Waals surface area (Å²) in [4.78, 5) is 9.17. The molecule has 6 nitrogen and oxygen atoms in total. The predicted molar refractivity (Wildman–Crippen MR) is 36.2 cm³/mol. The molecular formula is C5H5F2N3O3. The summed E-state index contributed by atoms with van der Waals surface area (Å²) in [5.41, 5.74) is -0.846. The van der Waals surface area contributed by atoms with Gasteiger partial charge in [-0.2, -0.15) is 8.78 Å². The lowest BCUT2D eigenvalue weighted by atomic mass is 10.2. The number of nitrogens with one attached hydrogen (secondary N) is 1. The Balaban J connectivity index is 2.98. The molecule has 0 aliphatic carbocycles. The highest BCUT2D eigenvalue weighted by molar-refractivity contribution is 5.23. The van der Waals surface area contributed by atoms with Gasteiger partial charge in [-0.05, 0) is 4.92 Å². The molecule has 72 valence electrons. The molecule has 0 spiro atoms. The fourth-order valence-corrected chi connectivity index (χ4v) is 0.673. The second-order valence-corrected chi connectivity index (χ2v) is 2.26. The van der Waals surface area contributed by atoms with Gasteiger partial charge in [0.2, 0.25) is 0 Å². The molecule has 0 unspecified atom stereocenters. The molecule has 0 amide bonds. The van der Waals surface area contributed by atoms with Gasteiger partial charge in [0.05, 0.1) is 6.07 Å². The van der Waals surface area contributed by atoms with Crippen molar-refractivity contribution in [3.05, 3.63) is 21.9 Å². The van der Waals surface area contributed by atoms with Gasteiger partial charge >= 0.3 is 11.7 Å². The van der Waals surface area contributed by atoms with Crippen molar-refractivity contribution >= 4 is 5.82 Å². The van der Waals surface area contributed by atoms with E-state index in [-0.39, 0.29) is 0 Å². The zero-order valence-electron chi connectivity index (χ0n) is 6.20. The quantitative estimate of drug-likeness (QED) is 0.536. The third-order valence-electron chi connectivity index (χ3n) is 1.33. The van der Waals surface area contributed by atoms with Crippen molar-refractivity contribution in [2.45, 2.75) is 5.92 Å². The van der Waals surface area contributed by atoms with Crippen LogP contribution in [0.15, 0.2) is 6.07 Å². The maximum Gasteiger partial charge on any atom is 0.343 e. The lowest BCUT2D eigenvalue weighted by Gasteiger charge is -2.06. The first-order valence-corrected chi connectivity index (χ1v) is 3.16. The smallest absolute Gasteiger partial charge is 0.343 e. The van der Waals surface area contributed by atoms with E-state index < -0.39 is 29.0 Å². The topological polar surface area (TPSA) is 92.1 Å². The maximum atomic E-state index is 12.6. The van der Waals surface area contributed by atoms with Gasteiger partial charge in [-0.25, -0.2) is 0 Å². The number of hydrogen-bond donors (Lipinski definition) is 2. The highest BCUT2D eigenvalue weighted by Crippen LogP contribution is 2.27. The molecular weight excluding hydrogens is 188 g/mol. The third kappa shape index (κ3) is 1.78. The number of hydrogen-bond acceptors (Lipinski definition) is 4. The highest BCUT2D eigenvalue weighted by atomic mass is 19.3. The minimum Gasteiger partial charge on any atom is -0.390 e. The van der Waals surface area contributed by atoms with Crippen LogP contribution in [-0.2, 0) is 5.92 Å². The molecule has 0 bridgehead atoms. The predicted octanol–water partition coefficient (Wildman–Crippen LogP) is 0.402. The Hall–Kier alpha value is -1.57. The van der Waals surface area contributed by atoms with E-state index in [4.69, 9.17) is 5.11 Å². The number of nitro groups is 1. The summed E-state index contributed by atoms with van der Waals surface area (Å²) >= 11 is 0. The van der Waals surface area contributed by atoms with E-state index in [1.807, 2.05) is 0 Å². The van der Waals surface area contributed by atoms with Crippen molar-refractivity contribution in [3.63, 3.8) is 0 Å². The number of alkyl halides is 2. The van der Waals surface area contributed by atoms with Crippen LogP contribution in [-0.4, -0.2) is 26.8 Å². The Morgan fingerprint density at radius 2 is 2.38 bits per heavy atom. The van der Waals surface area contributed by atoms with Crippen LogP contribution in [0.4, 0.5) is 14.6 Å². The average Bonchev–Trinajstić information content (AvgIpc) is 2.52. The molecule has 1 heterocycles. The van der Waals surface area contributed by atoms with Gasteiger partial charge in [0.1, 0.15) is 6.61 Å². The molecule has 1 rings (SSSR count). The Labute approximate surface area is 70.3 Å². The molecule has 0 radical (unpaired) electrons. The summed E-state index contributed by atoms with van der Waals surface area (Å²) in [5.74, 6) is -4.19. The van der Waals surface area contributed by atoms with Crippen molar-refractivity contribution in [2.24, 2.45) is 0 Å². The highest BCUT2D eigenvalue weighted by Gasteiger charge is 2.35. The van der Waals surface area contributed by atoms with Crippen molar-refractivity contribution in [1.82, 2.24) is 10.2 Å². The van der Waals surface area contributed by atoms with Crippen LogP contribution in [0.25, 0.3) is 0 Å². The van der Waals surface area contributed by atoms with E-state index in [0.29, 0.717) is 6.07 Å². The third-order valence-corrected chi connectivity index (χ3v) is 1.33. The zero-order valence-corrected chi connectivity index (χ0v) is 6.20. The van der Waals surface area contributed by atoms with Crippen molar-refractivity contribution in [1.29, 1.82) is 0 Å². The van der Waals surface area contributed by atoms with Crippen LogP contribution >= 0.6 is 0 Å². The summed E-state index contributed by atoms with van der Waals surface area (Å²) in [6, 6.07) is 0.580. The number of halogens is 2. The standard InChI is InChI=1S/C5H5F2N3O3/c6-5(7,2-11)3-1-4(9-8-3)10(12)13/h1,11H,2H2,(H,8,9). The monoisotopic (exact) mass is 193 g/mol. The lowest BCUT2D eigenvalue weighted by Crippen LogP contribution is -2.18. The minimum absolute atomic E-state index is 0.580. The molecule has 0 aromatic carbocycles. The number of aliphatic hydroxyl groups excluding tert-OH is 1. The average molecular weight is 193 g/mol. The molecule has 1 aromatic heterocycles. The van der Waals surface area contributed by atoms with E-state index in [0.717, 1.165) is 0 Å². The molecule has 8 heteroatoms. The van der Waals surface area contributed by atoms with Crippen LogP contribution < -0.4 is 0 Å². The van der Waals surface area contributed by atoms with Crippen molar-refractivity contribution < 1.29 is 18.8 Å². The summed E-state index contributed by atoms with van der Waals surface area (Å²) in [6.45, 7) is -1.44. The molecule has 0 atom stereocenters. The van der Waals surface area contributed by atoms with Gasteiger partial charge in [-0.15, -0.1) is 5.10 Å². The number of aliphatic hydroxyl groups is 1. The van der Waals surface area contributed by atoms with E-state index >= 15 is 0 Å². The van der Waals surface area contributed by atoms with Gasteiger partial charge in [-0.1, -0.05) is 5.10 Å². The lowest BCUT2D eigenvalue weighted by molar-refractivity contribution is -0.389. The molecule has 0 aliphatic rings. The molecule has 0 fully saturated rings. The summed E-state index contributed by atoms with van der Waals surface area (Å²) in [5, 5.41) is 23.1. The Morgan fingerprint density at radius 1 is 1.77 bits per heavy atom. The van der Waals surface area contributed by atoms with E-state index in [1.165, 1.54) is 0 Å². The number of H-pyrrole nitrogens is 1. The van der Waals surface area contributed by atoms with Crippen LogP contribution in [0.1, 0.15) is 5.69 Å². The van der Waals surface area contributed by atoms with Gasteiger partial charge in [0, 0.05) is 0 Å². The Bertz CT molecular complexity index is 325. The first-order chi connectivity index (χ1) is 5.97. The van der Waals surface area contributed by atoms with Crippen molar-refractivity contribution in [3.8, 4) is 0 Å². The molecule has 0 aliphatic heterocycles. The maximum absolute atomic E-state index is 12.6. The first-order valence-electron chi connectivity index (χ1n) is 3.16. The number of aromatic nitrogens is 2. The fraction of sp³-hybridized carbons (Fsp3) is 0.400. The number of aromatic amines is 1. The second-order valence-electron chi connectivity index (χ2n) is 2.26. The van der Waals surface area contributed by atoms with Crippen molar-refractivity contribution in [2.75, 3.05) is 6.61 Å². The van der Waals surface area contributed by atoms with Gasteiger partial charge in [0.15, 0.2) is 5.69 Å². The molecule has 1 aromatic rings. The van der Waals surface area contributed by atoms with Gasteiger partial charge in [-0.3, -0.25) is 0 Å². The number of nitrogens with zero attached hydrogens (tertiary/aromatic N) is 2. The SMILES string of the molecule is O=[N+]([O-])c1cc(C(F)(F)CO)n[nH]1. The largest absolute Gasteiger partial charge is 0.390 e. The van der Waals surface area contributed by atoms with Crippen LogP contribution in [0.3, 0.4) is 0 Å². The molecule has 0 saturated heterocycles. The zero-order chi connectivity index (χ0) is 10.1. The molecule has 2 N–H and O–H groups in total. The fourth-order valence-electron chi connectivity index (χ4n) is 0.673. The summed E-state index contributed by atoms with van der Waals surface area (Å²) < 4.78 is 25.2. The number of rotatable bonds is 3. The Morgan fingerprint density at radius 3 is 2.77 bits per heavy atom. The second kappa shape index (κ2) is 3.05. The first kappa shape index (κ1) is 9.52. The van der Waals surface area contributed by atoms with Gasteiger partial charge < -0.3 is 15.2 Å². The van der Waals surface area contributed by atoms with Crippen LogP contribution in [0, 0.1) is 10.1 Å². The molecule has 13 heavy (non-hydrogen) atoms. The van der Waals surface area contributed by atoms with E-state index in [9.17, 15) is 18.9 Å².